The molecule has 0 saturated heterocycles. The number of hydrogen-bond donors (Lipinski definition) is 1. The first-order valence-corrected chi connectivity index (χ1v) is 10.3. The van der Waals surface area contributed by atoms with E-state index in [0.29, 0.717) is 47.3 Å². The van der Waals surface area contributed by atoms with Crippen molar-refractivity contribution in [2.45, 2.75) is 20.4 Å². The highest BCUT2D eigenvalue weighted by atomic mass is 32.1. The van der Waals surface area contributed by atoms with Gasteiger partial charge in [0.15, 0.2) is 16.3 Å². The van der Waals surface area contributed by atoms with Crippen molar-refractivity contribution in [2.75, 3.05) is 25.3 Å². The molecule has 156 valence electrons. The smallest absolute Gasteiger partial charge is 0.279 e. The third-order valence-corrected chi connectivity index (χ3v) is 5.52. The number of fused-ring (bicyclic) bond motifs is 2. The van der Waals surface area contributed by atoms with Crippen molar-refractivity contribution in [1.29, 1.82) is 0 Å². The average Bonchev–Trinajstić information content (AvgIpc) is 3.31. The van der Waals surface area contributed by atoms with E-state index in [1.807, 2.05) is 29.7 Å². The molecule has 9 heteroatoms. The number of aromatic nitrogens is 1. The molecule has 1 aliphatic heterocycles. The van der Waals surface area contributed by atoms with E-state index in [1.54, 1.807) is 18.2 Å². The summed E-state index contributed by atoms with van der Waals surface area (Å²) in [6.07, 6.45) is 0. The first kappa shape index (κ1) is 20.1. The van der Waals surface area contributed by atoms with E-state index in [0.717, 1.165) is 10.2 Å². The second kappa shape index (κ2) is 8.68. The van der Waals surface area contributed by atoms with Crippen molar-refractivity contribution in [3.8, 4) is 11.5 Å². The van der Waals surface area contributed by atoms with Crippen LogP contribution in [0.15, 0.2) is 41.4 Å². The third kappa shape index (κ3) is 4.22. The normalized spacial score (nSPS) is 13.1. The van der Waals surface area contributed by atoms with Gasteiger partial charge in [-0.25, -0.2) is 0 Å². The summed E-state index contributed by atoms with van der Waals surface area (Å²) in [6, 6.07) is 10.6. The number of benzene rings is 2. The summed E-state index contributed by atoms with van der Waals surface area (Å²) in [5, 5.41) is 2.78. The van der Waals surface area contributed by atoms with E-state index in [2.05, 4.69) is 10.3 Å². The van der Waals surface area contributed by atoms with E-state index in [4.69, 9.17) is 14.2 Å². The number of carbonyl (C=O) groups excluding carboxylic acids is 2. The van der Waals surface area contributed by atoms with Crippen LogP contribution in [0, 0.1) is 0 Å². The van der Waals surface area contributed by atoms with Crippen LogP contribution in [0.1, 0.15) is 24.2 Å². The first-order valence-electron chi connectivity index (χ1n) is 9.52. The van der Waals surface area contributed by atoms with Crippen molar-refractivity contribution in [1.82, 2.24) is 4.57 Å². The second-order valence-electron chi connectivity index (χ2n) is 6.58. The van der Waals surface area contributed by atoms with Crippen molar-refractivity contribution in [3.05, 3.63) is 46.8 Å². The Balaban J connectivity index is 1.73. The Morgan fingerprint density at radius 1 is 1.20 bits per heavy atom. The van der Waals surface area contributed by atoms with Crippen LogP contribution in [0.2, 0.25) is 0 Å². The van der Waals surface area contributed by atoms with Gasteiger partial charge in [0.25, 0.3) is 5.91 Å². The molecule has 4 rings (SSSR count). The molecule has 1 aromatic heterocycles. The maximum absolute atomic E-state index is 12.8. The first-order chi connectivity index (χ1) is 14.5. The number of nitrogens with zero attached hydrogens (tertiary/aromatic N) is 2. The van der Waals surface area contributed by atoms with Gasteiger partial charge in [-0.1, -0.05) is 11.3 Å². The minimum atomic E-state index is -0.368. The van der Waals surface area contributed by atoms with Crippen molar-refractivity contribution < 1.29 is 23.8 Å². The van der Waals surface area contributed by atoms with Crippen LogP contribution in [0.4, 0.5) is 5.69 Å². The Hall–Kier alpha value is -3.17. The van der Waals surface area contributed by atoms with E-state index >= 15 is 0 Å². The average molecular weight is 427 g/mol. The molecule has 1 N–H and O–H groups in total. The molecular formula is C21H21N3O5S. The Morgan fingerprint density at radius 3 is 2.83 bits per heavy atom. The van der Waals surface area contributed by atoms with Gasteiger partial charge in [-0.2, -0.15) is 4.99 Å². The molecule has 0 unspecified atom stereocenters. The Labute approximate surface area is 176 Å². The number of rotatable bonds is 6. The highest BCUT2D eigenvalue weighted by molar-refractivity contribution is 7.16. The third-order valence-electron chi connectivity index (χ3n) is 4.48. The molecule has 0 saturated carbocycles. The van der Waals surface area contributed by atoms with Gasteiger partial charge in [0.05, 0.1) is 16.8 Å². The molecule has 3 aromatic rings. The van der Waals surface area contributed by atoms with E-state index in [9.17, 15) is 9.59 Å². The van der Waals surface area contributed by atoms with E-state index < -0.39 is 0 Å². The lowest BCUT2D eigenvalue weighted by Gasteiger charge is -2.06. The van der Waals surface area contributed by atoms with Crippen LogP contribution in [-0.2, 0) is 16.1 Å². The minimum Gasteiger partial charge on any atom is -0.454 e. The fourth-order valence-electron chi connectivity index (χ4n) is 3.14. The SMILES string of the molecule is CCOCCn1c(=NC(=O)c2ccc3c(c2)OCO3)sc2cc(NC(C)=O)ccc21. The Bertz CT molecular complexity index is 1180. The maximum atomic E-state index is 12.8. The Morgan fingerprint density at radius 2 is 2.03 bits per heavy atom. The molecule has 2 aromatic carbocycles. The lowest BCUT2D eigenvalue weighted by Crippen LogP contribution is -2.19. The van der Waals surface area contributed by atoms with Gasteiger partial charge in [-0.15, -0.1) is 0 Å². The molecule has 0 aliphatic carbocycles. The largest absolute Gasteiger partial charge is 0.454 e. The van der Waals surface area contributed by atoms with Gasteiger partial charge in [0.1, 0.15) is 0 Å². The number of carbonyl (C=O) groups is 2. The molecule has 0 atom stereocenters. The zero-order valence-corrected chi connectivity index (χ0v) is 17.5. The summed E-state index contributed by atoms with van der Waals surface area (Å²) >= 11 is 1.38. The van der Waals surface area contributed by atoms with E-state index in [1.165, 1.54) is 18.3 Å². The van der Waals surface area contributed by atoms with Crippen molar-refractivity contribution in [3.63, 3.8) is 0 Å². The lowest BCUT2D eigenvalue weighted by molar-refractivity contribution is -0.114. The fourth-order valence-corrected chi connectivity index (χ4v) is 4.23. The zero-order valence-electron chi connectivity index (χ0n) is 16.6. The van der Waals surface area contributed by atoms with Gasteiger partial charge >= 0.3 is 0 Å². The molecule has 2 amide bonds. The molecule has 0 bridgehead atoms. The summed E-state index contributed by atoms with van der Waals surface area (Å²) in [6.45, 7) is 5.21. The monoisotopic (exact) mass is 427 g/mol. The highest BCUT2D eigenvalue weighted by Gasteiger charge is 2.16. The van der Waals surface area contributed by atoms with Gasteiger partial charge in [-0.05, 0) is 43.3 Å². The van der Waals surface area contributed by atoms with Gasteiger partial charge in [0, 0.05) is 31.3 Å². The van der Waals surface area contributed by atoms with Crippen LogP contribution >= 0.6 is 11.3 Å². The predicted octanol–water partition coefficient (Wildman–Crippen LogP) is 3.17. The maximum Gasteiger partial charge on any atom is 0.279 e. The quantitative estimate of drug-likeness (QED) is 0.610. The summed E-state index contributed by atoms with van der Waals surface area (Å²) in [7, 11) is 0. The van der Waals surface area contributed by atoms with Crippen LogP contribution in [0.3, 0.4) is 0 Å². The molecule has 0 radical (unpaired) electrons. The second-order valence-corrected chi connectivity index (χ2v) is 7.59. The van der Waals surface area contributed by atoms with Gasteiger partial charge < -0.3 is 24.1 Å². The summed E-state index contributed by atoms with van der Waals surface area (Å²) in [5.41, 5.74) is 2.04. The summed E-state index contributed by atoms with van der Waals surface area (Å²) in [4.78, 5) is 29.1. The number of amides is 2. The van der Waals surface area contributed by atoms with Crippen LogP contribution < -0.4 is 19.6 Å². The fraction of sp³-hybridized carbons (Fsp3) is 0.286. The molecule has 0 spiro atoms. The van der Waals surface area contributed by atoms with Crippen LogP contribution in [0.25, 0.3) is 10.2 Å². The van der Waals surface area contributed by atoms with Crippen molar-refractivity contribution in [2.24, 2.45) is 4.99 Å². The van der Waals surface area contributed by atoms with Crippen molar-refractivity contribution >= 4 is 39.1 Å². The number of anilines is 1. The number of hydrogen-bond acceptors (Lipinski definition) is 6. The summed E-state index contributed by atoms with van der Waals surface area (Å²) in [5.74, 6) is 0.646. The van der Waals surface area contributed by atoms with E-state index in [-0.39, 0.29) is 18.6 Å². The molecule has 1 aliphatic rings. The molecule has 2 heterocycles. The molecule has 30 heavy (non-hydrogen) atoms. The molecule has 8 nitrogen and oxygen atoms in total. The van der Waals surface area contributed by atoms with Gasteiger partial charge in [0.2, 0.25) is 12.7 Å². The minimum absolute atomic E-state index is 0.141. The topological polar surface area (TPSA) is 91.2 Å². The predicted molar refractivity (Wildman–Crippen MR) is 113 cm³/mol. The van der Waals surface area contributed by atoms with Gasteiger partial charge in [-0.3, -0.25) is 9.59 Å². The zero-order chi connectivity index (χ0) is 21.1. The number of ether oxygens (including phenoxy) is 3. The Kier molecular flexibility index (Phi) is 5.82. The lowest BCUT2D eigenvalue weighted by atomic mass is 10.2. The van der Waals surface area contributed by atoms with Crippen LogP contribution in [0.5, 0.6) is 11.5 Å². The standard InChI is InChI=1S/C21H21N3O5S/c1-3-27-9-8-24-16-6-5-15(22-13(2)25)11-19(16)30-21(24)23-20(26)14-4-7-17-18(10-14)29-12-28-17/h4-7,10-11H,3,8-9,12H2,1-2H3,(H,22,25). The molecule has 0 fully saturated rings. The highest BCUT2D eigenvalue weighted by Crippen LogP contribution is 2.32. The summed E-state index contributed by atoms with van der Waals surface area (Å²) < 4.78 is 19.0. The van der Waals surface area contributed by atoms with Crippen LogP contribution in [-0.4, -0.2) is 36.4 Å². The molecular weight excluding hydrogens is 406 g/mol. The number of nitrogens with one attached hydrogen (secondary N) is 1. The number of thiazole rings is 1.